The number of benzene rings is 1. The van der Waals surface area contributed by atoms with Gasteiger partial charge >= 0.3 is 0 Å². The number of hydrogen-bond donors (Lipinski definition) is 2. The molecule has 5 nitrogen and oxygen atoms in total. The van der Waals surface area contributed by atoms with Gasteiger partial charge in [0, 0.05) is 0 Å². The van der Waals surface area contributed by atoms with Crippen molar-refractivity contribution in [2.75, 3.05) is 12.0 Å². The summed E-state index contributed by atoms with van der Waals surface area (Å²) in [6, 6.07) is 4.01. The Balaban J connectivity index is 2.14. The maximum Gasteiger partial charge on any atom is 0.214 e. The first-order valence-corrected chi connectivity index (χ1v) is 7.58. The maximum atomic E-state index is 5.54. The molecule has 8 heteroatoms. The van der Waals surface area contributed by atoms with Gasteiger partial charge in [0.05, 0.1) is 22.1 Å². The van der Waals surface area contributed by atoms with Crippen molar-refractivity contribution in [3.63, 3.8) is 0 Å². The molecule has 0 fully saturated rings. The number of H-pyrrole nitrogens is 1. The first-order chi connectivity index (χ1) is 9.11. The molecule has 2 N–H and O–H groups in total. The van der Waals surface area contributed by atoms with E-state index in [1.165, 1.54) is 0 Å². The molecular formula is C11H12Br2N4OS. The van der Waals surface area contributed by atoms with E-state index >= 15 is 0 Å². The van der Waals surface area contributed by atoms with E-state index in [-0.39, 0.29) is 0 Å². The lowest BCUT2D eigenvalue weighted by Crippen LogP contribution is -2.13. The second-order valence-electron chi connectivity index (χ2n) is 3.69. The van der Waals surface area contributed by atoms with Crippen molar-refractivity contribution in [1.29, 1.82) is 0 Å². The third-order valence-corrected chi connectivity index (χ3v) is 3.82. The van der Waals surface area contributed by atoms with E-state index in [0.29, 0.717) is 17.9 Å². The number of halogens is 2. The molecule has 0 aliphatic heterocycles. The SMILES string of the molecule is CCOc1c(Br)cc(CNn2cn[nH]c2=S)cc1Br. The highest BCUT2D eigenvalue weighted by atomic mass is 79.9. The van der Waals surface area contributed by atoms with Crippen LogP contribution in [0.15, 0.2) is 27.4 Å². The number of rotatable bonds is 5. The molecule has 0 atom stereocenters. The van der Waals surface area contributed by atoms with Crippen LogP contribution in [0.4, 0.5) is 0 Å². The Kier molecular flexibility index (Phi) is 5.00. The second-order valence-corrected chi connectivity index (χ2v) is 5.78. The summed E-state index contributed by atoms with van der Waals surface area (Å²) in [5.74, 6) is 0.811. The normalized spacial score (nSPS) is 10.5. The molecule has 0 spiro atoms. The predicted octanol–water partition coefficient (Wildman–Crippen LogP) is 3.61. The Morgan fingerprint density at radius 1 is 1.42 bits per heavy atom. The van der Waals surface area contributed by atoms with Crippen LogP contribution in [0.2, 0.25) is 0 Å². The van der Waals surface area contributed by atoms with Crippen molar-refractivity contribution < 1.29 is 4.74 Å². The molecule has 1 aromatic carbocycles. The molecular weight excluding hydrogens is 396 g/mol. The summed E-state index contributed by atoms with van der Waals surface area (Å²) in [7, 11) is 0. The second kappa shape index (κ2) is 6.53. The van der Waals surface area contributed by atoms with E-state index in [1.54, 1.807) is 11.0 Å². The summed E-state index contributed by atoms with van der Waals surface area (Å²) >= 11 is 12.1. The maximum absolute atomic E-state index is 5.54. The van der Waals surface area contributed by atoms with E-state index in [0.717, 1.165) is 20.3 Å². The highest BCUT2D eigenvalue weighted by Gasteiger charge is 2.08. The van der Waals surface area contributed by atoms with Gasteiger partial charge in [0.1, 0.15) is 12.1 Å². The zero-order valence-corrected chi connectivity index (χ0v) is 14.1. The molecule has 2 aromatic rings. The average Bonchev–Trinajstić information content (AvgIpc) is 2.77. The van der Waals surface area contributed by atoms with Crippen molar-refractivity contribution in [3.05, 3.63) is 37.7 Å². The van der Waals surface area contributed by atoms with Gasteiger partial charge < -0.3 is 10.2 Å². The number of nitrogens with zero attached hydrogens (tertiary/aromatic N) is 2. The standard InChI is InChI=1S/C11H12Br2N4OS/c1-2-18-10-8(12)3-7(4-9(10)13)5-15-17-6-14-16-11(17)19/h3-4,6,15H,2,5H2,1H3,(H,16,19). The van der Waals surface area contributed by atoms with Gasteiger partial charge in [0.2, 0.25) is 4.77 Å². The largest absolute Gasteiger partial charge is 0.492 e. The number of nitrogens with one attached hydrogen (secondary N) is 2. The van der Waals surface area contributed by atoms with Gasteiger partial charge in [-0.15, -0.1) is 0 Å². The third-order valence-electron chi connectivity index (χ3n) is 2.35. The molecule has 0 aliphatic carbocycles. The van der Waals surface area contributed by atoms with Gasteiger partial charge in [-0.25, -0.2) is 4.68 Å². The summed E-state index contributed by atoms with van der Waals surface area (Å²) < 4.78 is 9.56. The monoisotopic (exact) mass is 406 g/mol. The number of aromatic amines is 1. The molecule has 1 heterocycles. The minimum Gasteiger partial charge on any atom is -0.492 e. The summed E-state index contributed by atoms with van der Waals surface area (Å²) in [4.78, 5) is 0. The predicted molar refractivity (Wildman–Crippen MR) is 83.5 cm³/mol. The first-order valence-electron chi connectivity index (χ1n) is 5.58. The van der Waals surface area contributed by atoms with Gasteiger partial charge in [-0.2, -0.15) is 5.10 Å². The summed E-state index contributed by atoms with van der Waals surface area (Å²) in [5.41, 5.74) is 4.24. The average molecular weight is 408 g/mol. The first kappa shape index (κ1) is 14.5. The Labute approximate surface area is 132 Å². The van der Waals surface area contributed by atoms with Crippen LogP contribution in [0.5, 0.6) is 5.75 Å². The minimum atomic E-state index is 0.532. The minimum absolute atomic E-state index is 0.532. The van der Waals surface area contributed by atoms with Crippen LogP contribution in [-0.2, 0) is 6.54 Å². The lowest BCUT2D eigenvalue weighted by atomic mass is 10.2. The number of ether oxygens (including phenoxy) is 1. The van der Waals surface area contributed by atoms with Crippen molar-refractivity contribution in [3.8, 4) is 5.75 Å². The topological polar surface area (TPSA) is 54.9 Å². The van der Waals surface area contributed by atoms with Crippen LogP contribution in [0.25, 0.3) is 0 Å². The third kappa shape index (κ3) is 3.58. The number of hydrogen-bond acceptors (Lipinski definition) is 4. The highest BCUT2D eigenvalue weighted by Crippen LogP contribution is 2.34. The van der Waals surface area contributed by atoms with E-state index in [1.807, 2.05) is 19.1 Å². The molecule has 0 unspecified atom stereocenters. The molecule has 1 aromatic heterocycles. The van der Waals surface area contributed by atoms with Crippen molar-refractivity contribution in [1.82, 2.24) is 14.9 Å². The molecule has 0 saturated carbocycles. The van der Waals surface area contributed by atoms with Crippen LogP contribution in [0.3, 0.4) is 0 Å². The Hall–Kier alpha value is -0.860. The Morgan fingerprint density at radius 3 is 2.63 bits per heavy atom. The van der Waals surface area contributed by atoms with E-state index in [9.17, 15) is 0 Å². The van der Waals surface area contributed by atoms with Gasteiger partial charge in [0.25, 0.3) is 0 Å². The highest BCUT2D eigenvalue weighted by molar-refractivity contribution is 9.11. The zero-order chi connectivity index (χ0) is 13.8. The van der Waals surface area contributed by atoms with Crippen molar-refractivity contribution in [2.24, 2.45) is 0 Å². The van der Waals surface area contributed by atoms with Crippen LogP contribution in [0, 0.1) is 4.77 Å². The number of aromatic nitrogens is 3. The Bertz CT molecular complexity index is 602. The van der Waals surface area contributed by atoms with Gasteiger partial charge in [0.15, 0.2) is 0 Å². The molecule has 0 bridgehead atoms. The zero-order valence-electron chi connectivity index (χ0n) is 10.1. The molecule has 19 heavy (non-hydrogen) atoms. The molecule has 0 amide bonds. The van der Waals surface area contributed by atoms with E-state index in [2.05, 4.69) is 47.5 Å². The molecule has 102 valence electrons. The fourth-order valence-corrected chi connectivity index (χ4v) is 3.21. The lowest BCUT2D eigenvalue weighted by molar-refractivity contribution is 0.336. The van der Waals surface area contributed by atoms with E-state index < -0.39 is 0 Å². The molecule has 2 rings (SSSR count). The van der Waals surface area contributed by atoms with Crippen LogP contribution < -0.4 is 10.2 Å². The molecule has 0 saturated heterocycles. The lowest BCUT2D eigenvalue weighted by Gasteiger charge is -2.12. The fraction of sp³-hybridized carbons (Fsp3) is 0.273. The van der Waals surface area contributed by atoms with Gasteiger partial charge in [-0.05, 0) is 68.7 Å². The fourth-order valence-electron chi connectivity index (χ4n) is 1.53. The van der Waals surface area contributed by atoms with Crippen LogP contribution in [-0.4, -0.2) is 21.5 Å². The van der Waals surface area contributed by atoms with Crippen molar-refractivity contribution >= 4 is 44.1 Å². The quantitative estimate of drug-likeness (QED) is 0.743. The summed E-state index contributed by atoms with van der Waals surface area (Å²) in [5, 5.41) is 6.52. The van der Waals surface area contributed by atoms with Crippen LogP contribution >= 0.6 is 44.1 Å². The molecule has 0 aliphatic rings. The summed E-state index contributed by atoms with van der Waals surface area (Å²) in [6.07, 6.45) is 1.60. The van der Waals surface area contributed by atoms with Gasteiger partial charge in [-0.3, -0.25) is 5.10 Å². The Morgan fingerprint density at radius 2 is 2.11 bits per heavy atom. The van der Waals surface area contributed by atoms with Crippen molar-refractivity contribution in [2.45, 2.75) is 13.5 Å². The smallest absolute Gasteiger partial charge is 0.214 e. The molecule has 0 radical (unpaired) electrons. The van der Waals surface area contributed by atoms with Gasteiger partial charge in [-0.1, -0.05) is 0 Å². The summed E-state index contributed by atoms with van der Waals surface area (Å²) in [6.45, 7) is 3.20. The van der Waals surface area contributed by atoms with Crippen LogP contribution in [0.1, 0.15) is 12.5 Å². The van der Waals surface area contributed by atoms with E-state index in [4.69, 9.17) is 17.0 Å².